The summed E-state index contributed by atoms with van der Waals surface area (Å²) in [5.74, 6) is 0. The van der Waals surface area contributed by atoms with Crippen molar-refractivity contribution in [2.45, 2.75) is 24.5 Å². The molecule has 0 aromatic carbocycles. The van der Waals surface area contributed by atoms with Crippen molar-refractivity contribution in [2.24, 2.45) is 0 Å². The maximum atomic E-state index is 2.67. The summed E-state index contributed by atoms with van der Waals surface area (Å²) < 4.78 is 0. The van der Waals surface area contributed by atoms with Gasteiger partial charge in [0.1, 0.15) is 0 Å². The number of hydrogen-bond acceptors (Lipinski definition) is 2. The van der Waals surface area contributed by atoms with Gasteiger partial charge in [0.05, 0.1) is 0 Å². The lowest BCUT2D eigenvalue weighted by molar-refractivity contribution is 0.142. The number of piperazine rings is 1. The Hall–Kier alpha value is -0.0800. The molecule has 0 N–H and O–H groups in total. The highest BCUT2D eigenvalue weighted by Crippen LogP contribution is 2.48. The second-order valence-electron chi connectivity index (χ2n) is 3.69. The van der Waals surface area contributed by atoms with Crippen LogP contribution >= 0.6 is 0 Å². The van der Waals surface area contributed by atoms with Crippen LogP contribution in [0.2, 0.25) is 0 Å². The lowest BCUT2D eigenvalue weighted by Crippen LogP contribution is -2.45. The van der Waals surface area contributed by atoms with E-state index in [1.54, 1.807) is 0 Å². The molecule has 0 radical (unpaired) electrons. The van der Waals surface area contributed by atoms with Crippen LogP contribution in [0, 0.1) is 0 Å². The molecule has 0 bridgehead atoms. The van der Waals surface area contributed by atoms with E-state index in [1.165, 1.54) is 19.5 Å². The summed E-state index contributed by atoms with van der Waals surface area (Å²) in [6.45, 7) is 2.66. The summed E-state index contributed by atoms with van der Waals surface area (Å²) in [7, 11) is 2.24. The fourth-order valence-corrected chi connectivity index (χ4v) is 2.58. The molecule has 0 amide bonds. The Bertz CT molecular complexity index is 149. The SMILES string of the molecule is CN1CC2CC3C(C1)N23. The van der Waals surface area contributed by atoms with E-state index in [2.05, 4.69) is 16.8 Å². The van der Waals surface area contributed by atoms with Gasteiger partial charge in [-0.1, -0.05) is 0 Å². The van der Waals surface area contributed by atoms with E-state index in [-0.39, 0.29) is 0 Å². The molecular weight excluding hydrogens is 112 g/mol. The summed E-state index contributed by atoms with van der Waals surface area (Å²) in [5.41, 5.74) is 0. The summed E-state index contributed by atoms with van der Waals surface area (Å²) in [5, 5.41) is 0. The van der Waals surface area contributed by atoms with Crippen LogP contribution in [0.3, 0.4) is 0 Å². The minimum atomic E-state index is 0.957. The summed E-state index contributed by atoms with van der Waals surface area (Å²) >= 11 is 0. The predicted octanol–water partition coefficient (Wildman–Crippen LogP) is -0.243. The van der Waals surface area contributed by atoms with Gasteiger partial charge < -0.3 is 4.90 Å². The topological polar surface area (TPSA) is 6.25 Å². The molecule has 0 aliphatic carbocycles. The van der Waals surface area contributed by atoms with Gasteiger partial charge in [-0.05, 0) is 13.5 Å². The van der Waals surface area contributed by atoms with Crippen molar-refractivity contribution in [1.29, 1.82) is 0 Å². The Morgan fingerprint density at radius 3 is 2.89 bits per heavy atom. The molecule has 0 aromatic heterocycles. The van der Waals surface area contributed by atoms with Crippen LogP contribution in [-0.2, 0) is 0 Å². The quantitative estimate of drug-likeness (QED) is 0.411. The fourth-order valence-electron chi connectivity index (χ4n) is 2.58. The smallest absolute Gasteiger partial charge is 0.0386 e. The molecule has 9 heavy (non-hydrogen) atoms. The number of fused-ring (bicyclic) bond motifs is 1. The van der Waals surface area contributed by atoms with Crippen molar-refractivity contribution in [3.05, 3.63) is 0 Å². The van der Waals surface area contributed by atoms with Crippen LogP contribution in [0.15, 0.2) is 0 Å². The van der Waals surface area contributed by atoms with Crippen LogP contribution < -0.4 is 0 Å². The molecule has 50 valence electrons. The Balaban J connectivity index is 1.86. The molecule has 3 heterocycles. The molecule has 0 spiro atoms. The first kappa shape index (κ1) is 4.69. The van der Waals surface area contributed by atoms with Crippen LogP contribution in [0.25, 0.3) is 0 Å². The van der Waals surface area contributed by atoms with Gasteiger partial charge in [0.25, 0.3) is 0 Å². The number of likely N-dealkylation sites (tertiary alicyclic amines) is 1. The second-order valence-corrected chi connectivity index (χ2v) is 3.69. The Labute approximate surface area is 55.4 Å². The molecule has 2 nitrogen and oxygen atoms in total. The normalized spacial score (nSPS) is 62.3. The van der Waals surface area contributed by atoms with E-state index in [1.807, 2.05) is 0 Å². The first-order chi connectivity index (χ1) is 4.36. The minimum absolute atomic E-state index is 0.957. The Kier molecular flexibility index (Phi) is 0.616. The minimum Gasteiger partial charge on any atom is -0.303 e. The monoisotopic (exact) mass is 124 g/mol. The molecule has 4 unspecified atom stereocenters. The Morgan fingerprint density at radius 2 is 2.11 bits per heavy atom. The number of likely N-dealkylation sites (N-methyl/N-ethyl adjacent to an activating group) is 1. The van der Waals surface area contributed by atoms with E-state index in [9.17, 15) is 0 Å². The number of nitrogens with zero attached hydrogens (tertiary/aromatic N) is 2. The van der Waals surface area contributed by atoms with E-state index < -0.39 is 0 Å². The largest absolute Gasteiger partial charge is 0.303 e. The highest BCUT2D eigenvalue weighted by molar-refractivity contribution is 5.19. The number of rotatable bonds is 0. The zero-order valence-corrected chi connectivity index (χ0v) is 5.75. The van der Waals surface area contributed by atoms with Gasteiger partial charge in [0.15, 0.2) is 0 Å². The van der Waals surface area contributed by atoms with Crippen molar-refractivity contribution in [3.8, 4) is 0 Å². The Morgan fingerprint density at radius 1 is 1.22 bits per heavy atom. The summed E-state index contributed by atoms with van der Waals surface area (Å²) in [4.78, 5) is 5.14. The summed E-state index contributed by atoms with van der Waals surface area (Å²) in [6, 6.07) is 2.97. The van der Waals surface area contributed by atoms with Gasteiger partial charge >= 0.3 is 0 Å². The standard InChI is InChI=1S/C7H12N2/c1-8-3-5-2-6-7(4-8)9(5)6/h5-7H,2-4H2,1H3. The van der Waals surface area contributed by atoms with Crippen molar-refractivity contribution < 1.29 is 0 Å². The van der Waals surface area contributed by atoms with Crippen molar-refractivity contribution in [2.75, 3.05) is 20.1 Å². The number of hydrogen-bond donors (Lipinski definition) is 0. The van der Waals surface area contributed by atoms with Gasteiger partial charge in [0, 0.05) is 31.2 Å². The molecule has 3 aliphatic heterocycles. The van der Waals surface area contributed by atoms with Crippen molar-refractivity contribution in [1.82, 2.24) is 9.80 Å². The van der Waals surface area contributed by atoms with Gasteiger partial charge in [-0.25, -0.2) is 0 Å². The van der Waals surface area contributed by atoms with Gasteiger partial charge in [-0.3, -0.25) is 4.90 Å². The van der Waals surface area contributed by atoms with E-state index in [4.69, 9.17) is 0 Å². The van der Waals surface area contributed by atoms with Crippen molar-refractivity contribution >= 4 is 0 Å². The van der Waals surface area contributed by atoms with Crippen LogP contribution in [0.4, 0.5) is 0 Å². The van der Waals surface area contributed by atoms with Crippen LogP contribution in [-0.4, -0.2) is 48.1 Å². The molecule has 3 fully saturated rings. The summed E-state index contributed by atoms with van der Waals surface area (Å²) in [6.07, 6.45) is 1.50. The first-order valence-electron chi connectivity index (χ1n) is 3.82. The zero-order valence-electron chi connectivity index (χ0n) is 5.75. The lowest BCUT2D eigenvalue weighted by Gasteiger charge is -2.33. The first-order valence-corrected chi connectivity index (χ1v) is 3.82. The van der Waals surface area contributed by atoms with E-state index >= 15 is 0 Å². The maximum Gasteiger partial charge on any atom is 0.0386 e. The molecule has 3 rings (SSSR count). The van der Waals surface area contributed by atoms with Gasteiger partial charge in [-0.15, -0.1) is 0 Å². The van der Waals surface area contributed by atoms with Gasteiger partial charge in [-0.2, -0.15) is 0 Å². The highest BCUT2D eigenvalue weighted by Gasteiger charge is 2.62. The third kappa shape index (κ3) is 0.413. The lowest BCUT2D eigenvalue weighted by atomic mass is 10.1. The van der Waals surface area contributed by atoms with Crippen molar-refractivity contribution in [3.63, 3.8) is 0 Å². The van der Waals surface area contributed by atoms with E-state index in [0.717, 1.165) is 18.1 Å². The van der Waals surface area contributed by atoms with E-state index in [0.29, 0.717) is 0 Å². The third-order valence-corrected chi connectivity index (χ3v) is 3.08. The fraction of sp³-hybridized carbons (Fsp3) is 1.00. The van der Waals surface area contributed by atoms with Gasteiger partial charge in [0.2, 0.25) is 0 Å². The highest BCUT2D eigenvalue weighted by atomic mass is 15.5. The average molecular weight is 124 g/mol. The molecular formula is C7H12N2. The molecule has 3 aliphatic rings. The molecule has 0 saturated carbocycles. The van der Waals surface area contributed by atoms with Crippen LogP contribution in [0.1, 0.15) is 6.42 Å². The second kappa shape index (κ2) is 1.18. The third-order valence-electron chi connectivity index (χ3n) is 3.08. The van der Waals surface area contributed by atoms with Crippen LogP contribution in [0.5, 0.6) is 0 Å². The predicted molar refractivity (Wildman–Crippen MR) is 35.3 cm³/mol. The molecule has 2 heteroatoms. The maximum absolute atomic E-state index is 2.67. The molecule has 0 aromatic rings. The average Bonchev–Trinajstić information content (AvgIpc) is 2.33. The molecule has 3 saturated heterocycles. The molecule has 4 atom stereocenters. The zero-order chi connectivity index (χ0) is 6.01.